The molecule has 0 bridgehead atoms. The molecule has 0 amide bonds. The van der Waals surface area contributed by atoms with E-state index >= 15 is 0 Å². The van der Waals surface area contributed by atoms with Crippen molar-refractivity contribution >= 4 is 60.4 Å². The van der Waals surface area contributed by atoms with Gasteiger partial charge in [0, 0.05) is 21.8 Å². The lowest BCUT2D eigenvalue weighted by Crippen LogP contribution is -2.12. The summed E-state index contributed by atoms with van der Waals surface area (Å²) in [7, 11) is 1.63. The molecular formula is C15H14Br2N2OS. The van der Waals surface area contributed by atoms with Crippen LogP contribution in [0.4, 0.5) is 11.4 Å². The maximum absolute atomic E-state index is 5.78. The highest BCUT2D eigenvalue weighted by molar-refractivity contribution is 9.11. The van der Waals surface area contributed by atoms with Crippen molar-refractivity contribution < 1.29 is 4.74 Å². The van der Waals surface area contributed by atoms with Crippen LogP contribution in [0.15, 0.2) is 39.3 Å². The second kappa shape index (κ2) is 6.77. The second-order valence-electron chi connectivity index (χ2n) is 4.50. The molecule has 0 heterocycles. The van der Waals surface area contributed by atoms with Gasteiger partial charge >= 0.3 is 0 Å². The van der Waals surface area contributed by atoms with Crippen molar-refractivity contribution in [1.29, 1.82) is 0 Å². The Kier molecular flexibility index (Phi) is 5.24. The van der Waals surface area contributed by atoms with Gasteiger partial charge < -0.3 is 15.8 Å². The van der Waals surface area contributed by atoms with Crippen LogP contribution in [0, 0.1) is 6.92 Å². The van der Waals surface area contributed by atoms with Crippen molar-refractivity contribution in [3.05, 3.63) is 50.4 Å². The lowest BCUT2D eigenvalue weighted by molar-refractivity contribution is 0.412. The van der Waals surface area contributed by atoms with E-state index in [9.17, 15) is 0 Å². The molecule has 0 unspecified atom stereocenters. The Morgan fingerprint density at radius 3 is 2.48 bits per heavy atom. The van der Waals surface area contributed by atoms with Crippen LogP contribution in [-0.2, 0) is 0 Å². The van der Waals surface area contributed by atoms with E-state index < -0.39 is 0 Å². The van der Waals surface area contributed by atoms with Crippen molar-refractivity contribution in [2.75, 3.05) is 12.4 Å². The van der Waals surface area contributed by atoms with Gasteiger partial charge in [0.2, 0.25) is 0 Å². The third-order valence-corrected chi connectivity index (χ3v) is 4.45. The average molecular weight is 430 g/mol. The molecule has 2 rings (SSSR count). The summed E-state index contributed by atoms with van der Waals surface area (Å²) >= 11 is 12.1. The number of nitrogens with two attached hydrogens (primary N) is 1. The number of halogens is 2. The van der Waals surface area contributed by atoms with Gasteiger partial charge in [-0.2, -0.15) is 0 Å². The van der Waals surface area contributed by atoms with Gasteiger partial charge in [0.15, 0.2) is 0 Å². The molecule has 0 aliphatic heterocycles. The molecule has 2 aromatic carbocycles. The number of thiocarbonyl (C=S) groups is 1. The van der Waals surface area contributed by atoms with Crippen LogP contribution in [0.1, 0.15) is 11.1 Å². The molecule has 2 aromatic rings. The number of aryl methyl sites for hydroxylation is 1. The number of anilines is 2. The third-order valence-electron chi connectivity index (χ3n) is 2.95. The minimum atomic E-state index is 0.359. The molecule has 3 N–H and O–H groups in total. The van der Waals surface area contributed by atoms with Gasteiger partial charge in [0.1, 0.15) is 10.7 Å². The van der Waals surface area contributed by atoms with Crippen LogP contribution >= 0.6 is 44.1 Å². The Balaban J connectivity index is 2.47. The highest BCUT2D eigenvalue weighted by Gasteiger charge is 2.11. The molecule has 0 aliphatic carbocycles. The smallest absolute Gasteiger partial charge is 0.135 e. The van der Waals surface area contributed by atoms with Gasteiger partial charge in [-0.3, -0.25) is 0 Å². The molecule has 21 heavy (non-hydrogen) atoms. The summed E-state index contributed by atoms with van der Waals surface area (Å²) < 4.78 is 7.11. The van der Waals surface area contributed by atoms with Crippen LogP contribution in [-0.4, -0.2) is 12.1 Å². The summed E-state index contributed by atoms with van der Waals surface area (Å²) in [5.41, 5.74) is 9.46. The van der Waals surface area contributed by atoms with Gasteiger partial charge in [0.25, 0.3) is 0 Å². The number of methoxy groups -OCH3 is 1. The highest BCUT2D eigenvalue weighted by Crippen LogP contribution is 2.36. The predicted molar refractivity (Wildman–Crippen MR) is 98.7 cm³/mol. The standard InChI is InChI=1S/C15H14Br2N2OS/c1-8-3-4-9(15(18)21)12(5-8)19-13-7-14(20-2)11(17)6-10(13)16/h3-7,19H,1-2H3,(H2,18,21). The summed E-state index contributed by atoms with van der Waals surface area (Å²) in [5, 5.41) is 3.35. The summed E-state index contributed by atoms with van der Waals surface area (Å²) in [6, 6.07) is 9.74. The van der Waals surface area contributed by atoms with E-state index in [0.717, 1.165) is 37.2 Å². The minimum Gasteiger partial charge on any atom is -0.495 e. The molecule has 3 nitrogen and oxygen atoms in total. The van der Waals surface area contributed by atoms with Crippen molar-refractivity contribution in [3.8, 4) is 5.75 Å². The van der Waals surface area contributed by atoms with Crippen molar-refractivity contribution in [1.82, 2.24) is 0 Å². The molecule has 0 spiro atoms. The SMILES string of the molecule is COc1cc(Nc2cc(C)ccc2C(N)=S)c(Br)cc1Br. The van der Waals surface area contributed by atoms with E-state index in [2.05, 4.69) is 37.2 Å². The number of hydrogen-bond donors (Lipinski definition) is 2. The zero-order valence-electron chi connectivity index (χ0n) is 11.5. The Morgan fingerprint density at radius 1 is 1.14 bits per heavy atom. The lowest BCUT2D eigenvalue weighted by atomic mass is 10.1. The maximum atomic E-state index is 5.78. The number of ether oxygens (including phenoxy) is 1. The van der Waals surface area contributed by atoms with E-state index in [4.69, 9.17) is 22.7 Å². The molecule has 0 aromatic heterocycles. The zero-order chi connectivity index (χ0) is 15.6. The largest absolute Gasteiger partial charge is 0.495 e. The molecular weight excluding hydrogens is 416 g/mol. The van der Waals surface area contributed by atoms with Gasteiger partial charge in [-0.05, 0) is 62.5 Å². The summed E-state index contributed by atoms with van der Waals surface area (Å²) in [5.74, 6) is 0.741. The van der Waals surface area contributed by atoms with Gasteiger partial charge in [-0.15, -0.1) is 0 Å². The Bertz CT molecular complexity index is 704. The summed E-state index contributed by atoms with van der Waals surface area (Å²) in [4.78, 5) is 0.359. The van der Waals surface area contributed by atoms with E-state index in [-0.39, 0.29) is 0 Å². The Morgan fingerprint density at radius 2 is 1.86 bits per heavy atom. The first-order chi connectivity index (χ1) is 9.92. The van der Waals surface area contributed by atoms with E-state index in [1.165, 1.54) is 0 Å². The van der Waals surface area contributed by atoms with Gasteiger partial charge in [-0.1, -0.05) is 18.3 Å². The molecule has 0 aliphatic rings. The topological polar surface area (TPSA) is 47.3 Å². The number of nitrogens with one attached hydrogen (secondary N) is 1. The van der Waals surface area contributed by atoms with Gasteiger partial charge in [0.05, 0.1) is 17.3 Å². The molecule has 110 valence electrons. The van der Waals surface area contributed by atoms with E-state index in [0.29, 0.717) is 4.99 Å². The first-order valence-corrected chi connectivity index (χ1v) is 8.12. The molecule has 0 fully saturated rings. The first-order valence-electron chi connectivity index (χ1n) is 6.13. The Labute approximate surface area is 146 Å². The number of rotatable bonds is 4. The normalized spacial score (nSPS) is 10.3. The Hall–Kier alpha value is -1.11. The zero-order valence-corrected chi connectivity index (χ0v) is 15.5. The van der Waals surface area contributed by atoms with Crippen LogP contribution in [0.2, 0.25) is 0 Å². The molecule has 0 saturated carbocycles. The highest BCUT2D eigenvalue weighted by atomic mass is 79.9. The number of hydrogen-bond acceptors (Lipinski definition) is 3. The fourth-order valence-electron chi connectivity index (χ4n) is 1.90. The van der Waals surface area contributed by atoms with Crippen molar-refractivity contribution in [2.24, 2.45) is 5.73 Å². The third kappa shape index (κ3) is 3.75. The first kappa shape index (κ1) is 16.3. The quantitative estimate of drug-likeness (QED) is 0.678. The maximum Gasteiger partial charge on any atom is 0.135 e. The van der Waals surface area contributed by atoms with Crippen LogP contribution in [0.3, 0.4) is 0 Å². The van der Waals surface area contributed by atoms with Crippen LogP contribution in [0.25, 0.3) is 0 Å². The van der Waals surface area contributed by atoms with Crippen molar-refractivity contribution in [2.45, 2.75) is 6.92 Å². The van der Waals surface area contributed by atoms with Crippen molar-refractivity contribution in [3.63, 3.8) is 0 Å². The fourth-order valence-corrected chi connectivity index (χ4v) is 3.34. The summed E-state index contributed by atoms with van der Waals surface area (Å²) in [6.07, 6.45) is 0. The molecule has 6 heteroatoms. The van der Waals surface area contributed by atoms with E-state index in [1.807, 2.05) is 37.3 Å². The average Bonchev–Trinajstić information content (AvgIpc) is 2.41. The second-order valence-corrected chi connectivity index (χ2v) is 6.65. The summed E-state index contributed by atoms with van der Waals surface area (Å²) in [6.45, 7) is 2.02. The monoisotopic (exact) mass is 428 g/mol. The van der Waals surface area contributed by atoms with Crippen LogP contribution in [0.5, 0.6) is 5.75 Å². The lowest BCUT2D eigenvalue weighted by Gasteiger charge is -2.15. The molecule has 0 radical (unpaired) electrons. The number of benzene rings is 2. The molecule has 0 atom stereocenters. The minimum absolute atomic E-state index is 0.359. The van der Waals surface area contributed by atoms with Gasteiger partial charge in [-0.25, -0.2) is 0 Å². The molecule has 0 saturated heterocycles. The van der Waals surface area contributed by atoms with Crippen LogP contribution < -0.4 is 15.8 Å². The van der Waals surface area contributed by atoms with E-state index in [1.54, 1.807) is 7.11 Å². The predicted octanol–water partition coefficient (Wildman–Crippen LogP) is 4.91. The fraction of sp³-hybridized carbons (Fsp3) is 0.133.